The van der Waals surface area contributed by atoms with Crippen molar-refractivity contribution in [1.29, 1.82) is 0 Å². The predicted octanol–water partition coefficient (Wildman–Crippen LogP) is 3.69. The predicted molar refractivity (Wildman–Crippen MR) is 94.2 cm³/mol. The van der Waals surface area contributed by atoms with Crippen LogP contribution in [0.25, 0.3) is 0 Å². The van der Waals surface area contributed by atoms with Crippen LogP contribution in [0, 0.1) is 12.7 Å². The largest absolute Gasteiger partial charge is 0.460 e. The number of halogens is 2. The van der Waals surface area contributed by atoms with Crippen molar-refractivity contribution in [3.63, 3.8) is 0 Å². The fourth-order valence-corrected chi connectivity index (χ4v) is 2.41. The molecule has 0 radical (unpaired) electrons. The molecular weight excluding hydrogens is 345 g/mol. The molecule has 0 bridgehead atoms. The van der Waals surface area contributed by atoms with E-state index >= 15 is 0 Å². The van der Waals surface area contributed by atoms with Crippen molar-refractivity contribution >= 4 is 23.5 Å². The van der Waals surface area contributed by atoms with Gasteiger partial charge in [0.25, 0.3) is 0 Å². The Labute approximate surface area is 150 Å². The summed E-state index contributed by atoms with van der Waals surface area (Å²) in [5, 5.41) is 2.68. The van der Waals surface area contributed by atoms with E-state index in [4.69, 9.17) is 16.3 Å². The summed E-state index contributed by atoms with van der Waals surface area (Å²) in [6, 6.07) is 11.5. The summed E-state index contributed by atoms with van der Waals surface area (Å²) in [5.41, 5.74) is 2.36. The second kappa shape index (κ2) is 9.18. The minimum absolute atomic E-state index is 0.00728. The summed E-state index contributed by atoms with van der Waals surface area (Å²) in [4.78, 5) is 23.6. The van der Waals surface area contributed by atoms with Gasteiger partial charge in [0, 0.05) is 6.42 Å². The van der Waals surface area contributed by atoms with Crippen LogP contribution >= 0.6 is 11.6 Å². The fraction of sp³-hybridized carbons (Fsp3) is 0.263. The normalized spacial score (nSPS) is 10.4. The average Bonchev–Trinajstić information content (AvgIpc) is 2.58. The van der Waals surface area contributed by atoms with Gasteiger partial charge in [-0.15, -0.1) is 0 Å². The van der Waals surface area contributed by atoms with Gasteiger partial charge in [-0.1, -0.05) is 41.4 Å². The second-order valence-corrected chi connectivity index (χ2v) is 6.00. The molecule has 0 saturated carbocycles. The standard InChI is InChI=1S/C19H19ClFNO3/c1-13-2-4-14(5-3-13)6-9-18(23)22-10-11-25-19(24)16-8-7-15(21)12-17(16)20/h2-5,7-8,12H,6,9-11H2,1H3,(H,22,23). The molecule has 0 aliphatic heterocycles. The van der Waals surface area contributed by atoms with Gasteiger partial charge in [-0.2, -0.15) is 0 Å². The lowest BCUT2D eigenvalue weighted by molar-refractivity contribution is -0.121. The highest BCUT2D eigenvalue weighted by Gasteiger charge is 2.12. The average molecular weight is 364 g/mol. The number of rotatable bonds is 7. The number of hydrogen-bond donors (Lipinski definition) is 1. The molecule has 1 amide bonds. The maximum atomic E-state index is 12.9. The van der Waals surface area contributed by atoms with E-state index in [9.17, 15) is 14.0 Å². The van der Waals surface area contributed by atoms with E-state index in [1.165, 1.54) is 11.6 Å². The Bertz CT molecular complexity index is 747. The molecule has 0 atom stereocenters. The van der Waals surface area contributed by atoms with Crippen molar-refractivity contribution < 1.29 is 18.7 Å². The SMILES string of the molecule is Cc1ccc(CCC(=O)NCCOC(=O)c2ccc(F)cc2Cl)cc1. The van der Waals surface area contributed by atoms with E-state index in [1.807, 2.05) is 31.2 Å². The second-order valence-electron chi connectivity index (χ2n) is 5.60. The van der Waals surface area contributed by atoms with Crippen molar-refractivity contribution in [3.05, 3.63) is 70.0 Å². The van der Waals surface area contributed by atoms with Crippen LogP contribution in [0.15, 0.2) is 42.5 Å². The molecule has 132 valence electrons. The Morgan fingerprint density at radius 1 is 1.16 bits per heavy atom. The van der Waals surface area contributed by atoms with Gasteiger partial charge in [0.2, 0.25) is 5.91 Å². The van der Waals surface area contributed by atoms with E-state index in [-0.39, 0.29) is 29.6 Å². The molecule has 2 rings (SSSR count). The minimum atomic E-state index is -0.654. The van der Waals surface area contributed by atoms with Crippen molar-refractivity contribution in [2.45, 2.75) is 19.8 Å². The zero-order valence-electron chi connectivity index (χ0n) is 13.9. The minimum Gasteiger partial charge on any atom is -0.460 e. The highest BCUT2D eigenvalue weighted by Crippen LogP contribution is 2.18. The molecular formula is C19H19ClFNO3. The third kappa shape index (κ3) is 6.19. The van der Waals surface area contributed by atoms with Crippen LogP contribution in [-0.4, -0.2) is 25.0 Å². The van der Waals surface area contributed by atoms with E-state index in [1.54, 1.807) is 0 Å². The van der Waals surface area contributed by atoms with Crippen LogP contribution in [0.2, 0.25) is 5.02 Å². The first-order valence-corrected chi connectivity index (χ1v) is 8.28. The van der Waals surface area contributed by atoms with Gasteiger partial charge < -0.3 is 10.1 Å². The Morgan fingerprint density at radius 2 is 1.88 bits per heavy atom. The van der Waals surface area contributed by atoms with Gasteiger partial charge in [-0.05, 0) is 37.1 Å². The number of carbonyl (C=O) groups excluding carboxylic acids is 2. The van der Waals surface area contributed by atoms with Crippen molar-refractivity contribution in [2.75, 3.05) is 13.2 Å². The summed E-state index contributed by atoms with van der Waals surface area (Å²) in [7, 11) is 0. The monoisotopic (exact) mass is 363 g/mol. The molecule has 4 nitrogen and oxygen atoms in total. The molecule has 25 heavy (non-hydrogen) atoms. The first kappa shape index (κ1) is 18.9. The third-order valence-corrected chi connectivity index (χ3v) is 3.88. The molecule has 1 N–H and O–H groups in total. The zero-order valence-corrected chi connectivity index (χ0v) is 14.6. The molecule has 6 heteroatoms. The topological polar surface area (TPSA) is 55.4 Å². The number of amides is 1. The molecule has 0 aliphatic carbocycles. The lowest BCUT2D eigenvalue weighted by atomic mass is 10.1. The van der Waals surface area contributed by atoms with Crippen LogP contribution in [-0.2, 0) is 16.0 Å². The van der Waals surface area contributed by atoms with Crippen molar-refractivity contribution in [3.8, 4) is 0 Å². The number of aryl methyl sites for hydroxylation is 2. The first-order chi connectivity index (χ1) is 12.0. The van der Waals surface area contributed by atoms with Crippen molar-refractivity contribution in [1.82, 2.24) is 5.32 Å². The first-order valence-electron chi connectivity index (χ1n) is 7.90. The number of ether oxygens (including phenoxy) is 1. The lowest BCUT2D eigenvalue weighted by Crippen LogP contribution is -2.28. The van der Waals surface area contributed by atoms with Gasteiger partial charge in [0.1, 0.15) is 12.4 Å². The smallest absolute Gasteiger partial charge is 0.339 e. The highest BCUT2D eigenvalue weighted by atomic mass is 35.5. The highest BCUT2D eigenvalue weighted by molar-refractivity contribution is 6.33. The van der Waals surface area contributed by atoms with Crippen LogP contribution < -0.4 is 5.32 Å². The summed E-state index contributed by atoms with van der Waals surface area (Å²) < 4.78 is 18.0. The molecule has 0 spiro atoms. The maximum absolute atomic E-state index is 12.9. The maximum Gasteiger partial charge on any atom is 0.339 e. The molecule has 0 aliphatic rings. The van der Waals surface area contributed by atoms with Crippen LogP contribution in [0.1, 0.15) is 27.9 Å². The molecule has 0 heterocycles. The number of benzene rings is 2. The van der Waals surface area contributed by atoms with E-state index < -0.39 is 11.8 Å². The Morgan fingerprint density at radius 3 is 2.56 bits per heavy atom. The van der Waals surface area contributed by atoms with Crippen LogP contribution in [0.5, 0.6) is 0 Å². The number of nitrogens with one attached hydrogen (secondary N) is 1. The molecule has 2 aromatic rings. The zero-order chi connectivity index (χ0) is 18.2. The van der Waals surface area contributed by atoms with Crippen molar-refractivity contribution in [2.24, 2.45) is 0 Å². The Kier molecular flexibility index (Phi) is 6.95. The molecule has 2 aromatic carbocycles. The summed E-state index contributed by atoms with van der Waals surface area (Å²) in [6.45, 7) is 2.23. The quantitative estimate of drug-likeness (QED) is 0.603. The van der Waals surface area contributed by atoms with E-state index in [0.29, 0.717) is 12.8 Å². The summed E-state index contributed by atoms with van der Waals surface area (Å²) >= 11 is 5.79. The third-order valence-electron chi connectivity index (χ3n) is 3.57. The number of carbonyl (C=O) groups is 2. The Balaban J connectivity index is 1.67. The molecule has 0 fully saturated rings. The van der Waals surface area contributed by atoms with Gasteiger partial charge in [-0.25, -0.2) is 9.18 Å². The van der Waals surface area contributed by atoms with E-state index in [0.717, 1.165) is 17.7 Å². The van der Waals surface area contributed by atoms with Gasteiger partial charge in [-0.3, -0.25) is 4.79 Å². The van der Waals surface area contributed by atoms with Gasteiger partial charge >= 0.3 is 5.97 Å². The van der Waals surface area contributed by atoms with E-state index in [2.05, 4.69) is 5.32 Å². The summed E-state index contributed by atoms with van der Waals surface area (Å²) in [5.74, 6) is -1.29. The van der Waals surface area contributed by atoms with Gasteiger partial charge in [0.15, 0.2) is 0 Å². The Hall–Kier alpha value is -2.40. The van der Waals surface area contributed by atoms with Crippen LogP contribution in [0.3, 0.4) is 0 Å². The number of esters is 1. The molecule has 0 unspecified atom stereocenters. The lowest BCUT2D eigenvalue weighted by Gasteiger charge is -2.08. The molecule has 0 aromatic heterocycles. The molecule has 0 saturated heterocycles. The number of hydrogen-bond acceptors (Lipinski definition) is 3. The summed E-state index contributed by atoms with van der Waals surface area (Å²) in [6.07, 6.45) is 1.01. The van der Waals surface area contributed by atoms with Crippen LogP contribution in [0.4, 0.5) is 4.39 Å². The van der Waals surface area contributed by atoms with Gasteiger partial charge in [0.05, 0.1) is 17.1 Å². The fourth-order valence-electron chi connectivity index (χ4n) is 2.17.